The average molecular weight is 245 g/mol. The van der Waals surface area contributed by atoms with Crippen LogP contribution in [0.3, 0.4) is 0 Å². The molecular weight excluding hydrogens is 230 g/mol. The van der Waals surface area contributed by atoms with Gasteiger partial charge in [0, 0.05) is 12.6 Å². The third-order valence-electron chi connectivity index (χ3n) is 3.00. The van der Waals surface area contributed by atoms with Crippen molar-refractivity contribution in [3.63, 3.8) is 0 Å². The third kappa shape index (κ3) is 3.20. The van der Waals surface area contributed by atoms with Crippen LogP contribution in [0.5, 0.6) is 0 Å². The second-order valence-corrected chi connectivity index (χ2v) is 4.38. The van der Waals surface area contributed by atoms with Gasteiger partial charge in [0.1, 0.15) is 0 Å². The highest BCUT2D eigenvalue weighted by Gasteiger charge is 2.10. The fraction of sp³-hybridized carbons (Fsp3) is 0.286. The van der Waals surface area contributed by atoms with Gasteiger partial charge in [-0.25, -0.2) is 4.79 Å². The third-order valence-corrected chi connectivity index (χ3v) is 3.00. The molecule has 94 valence electrons. The van der Waals surface area contributed by atoms with Crippen molar-refractivity contribution in [3.8, 4) is 0 Å². The van der Waals surface area contributed by atoms with Crippen LogP contribution < -0.4 is 5.32 Å². The molecule has 4 heteroatoms. The number of carbonyl (C=O) groups excluding carboxylic acids is 1. The summed E-state index contributed by atoms with van der Waals surface area (Å²) < 4.78 is 0. The van der Waals surface area contributed by atoms with Crippen LogP contribution in [0.1, 0.15) is 35.2 Å². The molecule has 1 aromatic carbocycles. The highest BCUT2D eigenvalue weighted by molar-refractivity contribution is 5.88. The summed E-state index contributed by atoms with van der Waals surface area (Å²) >= 11 is 0. The number of carbonyl (C=O) groups is 2. The number of aromatic carboxylic acids is 1. The Morgan fingerprint density at radius 2 is 1.89 bits per heavy atom. The van der Waals surface area contributed by atoms with E-state index in [1.165, 1.54) is 24.1 Å². The van der Waals surface area contributed by atoms with Crippen molar-refractivity contribution in [1.82, 2.24) is 5.32 Å². The Kier molecular flexibility index (Phi) is 3.77. The first-order valence-corrected chi connectivity index (χ1v) is 5.94. The Bertz CT molecular complexity index is 482. The van der Waals surface area contributed by atoms with Gasteiger partial charge in [-0.05, 0) is 37.0 Å². The van der Waals surface area contributed by atoms with Crippen molar-refractivity contribution in [3.05, 3.63) is 47.0 Å². The van der Waals surface area contributed by atoms with Gasteiger partial charge < -0.3 is 10.4 Å². The molecule has 0 spiro atoms. The summed E-state index contributed by atoms with van der Waals surface area (Å²) in [7, 11) is 0. The van der Waals surface area contributed by atoms with Gasteiger partial charge >= 0.3 is 5.97 Å². The molecule has 0 aliphatic heterocycles. The van der Waals surface area contributed by atoms with Gasteiger partial charge in [-0.15, -0.1) is 0 Å². The largest absolute Gasteiger partial charge is 0.478 e. The first-order valence-electron chi connectivity index (χ1n) is 5.94. The lowest BCUT2D eigenvalue weighted by atomic mass is 9.92. The number of amides is 1. The van der Waals surface area contributed by atoms with Crippen LogP contribution in [0.4, 0.5) is 0 Å². The molecule has 2 rings (SSSR count). The zero-order valence-corrected chi connectivity index (χ0v) is 9.98. The van der Waals surface area contributed by atoms with Crippen LogP contribution in [-0.4, -0.2) is 17.0 Å². The Morgan fingerprint density at radius 3 is 2.39 bits per heavy atom. The maximum absolute atomic E-state index is 11.5. The lowest BCUT2D eigenvalue weighted by molar-refractivity contribution is -0.116. The van der Waals surface area contributed by atoms with Crippen molar-refractivity contribution in [2.24, 2.45) is 0 Å². The van der Waals surface area contributed by atoms with Crippen LogP contribution in [0, 0.1) is 0 Å². The normalized spacial score (nSPS) is 13.7. The topological polar surface area (TPSA) is 66.4 Å². The second kappa shape index (κ2) is 5.49. The minimum Gasteiger partial charge on any atom is -0.478 e. The van der Waals surface area contributed by atoms with E-state index >= 15 is 0 Å². The maximum Gasteiger partial charge on any atom is 0.335 e. The van der Waals surface area contributed by atoms with Crippen LogP contribution in [0.15, 0.2) is 35.9 Å². The summed E-state index contributed by atoms with van der Waals surface area (Å²) in [6, 6.07) is 6.49. The summed E-state index contributed by atoms with van der Waals surface area (Å²) in [6.45, 7) is 0.419. The fourth-order valence-electron chi connectivity index (χ4n) is 1.72. The molecule has 2 N–H and O–H groups in total. The number of carboxylic acids is 1. The molecule has 0 heterocycles. The van der Waals surface area contributed by atoms with Gasteiger partial charge in [0.2, 0.25) is 5.91 Å². The van der Waals surface area contributed by atoms with E-state index in [9.17, 15) is 9.59 Å². The van der Waals surface area contributed by atoms with Gasteiger partial charge in [-0.3, -0.25) is 4.79 Å². The molecule has 0 radical (unpaired) electrons. The number of nitrogens with one attached hydrogen (secondary N) is 1. The monoisotopic (exact) mass is 245 g/mol. The molecule has 4 nitrogen and oxygen atoms in total. The summed E-state index contributed by atoms with van der Waals surface area (Å²) in [4.78, 5) is 22.2. The molecule has 0 saturated heterocycles. The number of rotatable bonds is 4. The van der Waals surface area contributed by atoms with Crippen LogP contribution >= 0.6 is 0 Å². The van der Waals surface area contributed by atoms with Crippen molar-refractivity contribution in [2.45, 2.75) is 25.8 Å². The minimum absolute atomic E-state index is 0.0768. The Balaban J connectivity index is 1.86. The fourth-order valence-corrected chi connectivity index (χ4v) is 1.72. The molecule has 0 unspecified atom stereocenters. The smallest absolute Gasteiger partial charge is 0.335 e. The molecule has 1 aliphatic rings. The summed E-state index contributed by atoms with van der Waals surface area (Å²) in [6.07, 6.45) is 4.90. The Labute approximate surface area is 105 Å². The number of carboxylic acid groups (broad SMARTS) is 1. The van der Waals surface area contributed by atoms with Crippen LogP contribution in [0.25, 0.3) is 0 Å². The number of benzene rings is 1. The van der Waals surface area contributed by atoms with Crippen molar-refractivity contribution in [1.29, 1.82) is 0 Å². The molecule has 1 saturated carbocycles. The minimum atomic E-state index is -0.944. The van der Waals surface area contributed by atoms with E-state index in [1.54, 1.807) is 18.2 Å². The highest BCUT2D eigenvalue weighted by Crippen LogP contribution is 2.24. The van der Waals surface area contributed by atoms with Crippen LogP contribution in [0.2, 0.25) is 0 Å². The van der Waals surface area contributed by atoms with Gasteiger partial charge in [0.05, 0.1) is 5.56 Å². The maximum atomic E-state index is 11.5. The second-order valence-electron chi connectivity index (χ2n) is 4.38. The van der Waals surface area contributed by atoms with E-state index in [0.29, 0.717) is 6.54 Å². The van der Waals surface area contributed by atoms with E-state index in [4.69, 9.17) is 5.11 Å². The molecule has 18 heavy (non-hydrogen) atoms. The highest BCUT2D eigenvalue weighted by atomic mass is 16.4. The van der Waals surface area contributed by atoms with Gasteiger partial charge in [0.15, 0.2) is 0 Å². The molecule has 0 bridgehead atoms. The lowest BCUT2D eigenvalue weighted by Crippen LogP contribution is -2.21. The molecule has 1 aromatic rings. The number of allylic oxidation sites excluding steroid dienone is 1. The molecular formula is C14H15NO3. The zero-order valence-electron chi connectivity index (χ0n) is 9.98. The SMILES string of the molecule is O=C(C=C1CCC1)NCc1ccc(C(=O)O)cc1. The number of hydrogen-bond acceptors (Lipinski definition) is 2. The quantitative estimate of drug-likeness (QED) is 0.798. The van der Waals surface area contributed by atoms with E-state index in [0.717, 1.165) is 18.4 Å². The lowest BCUT2D eigenvalue weighted by Gasteiger charge is -2.15. The summed E-state index contributed by atoms with van der Waals surface area (Å²) in [5.41, 5.74) is 2.34. The van der Waals surface area contributed by atoms with E-state index in [1.807, 2.05) is 0 Å². The predicted octanol–water partition coefficient (Wildman–Crippen LogP) is 2.11. The van der Waals surface area contributed by atoms with Crippen molar-refractivity contribution >= 4 is 11.9 Å². The van der Waals surface area contributed by atoms with Gasteiger partial charge in [-0.1, -0.05) is 17.7 Å². The number of hydrogen-bond donors (Lipinski definition) is 2. The molecule has 1 amide bonds. The van der Waals surface area contributed by atoms with E-state index in [-0.39, 0.29) is 11.5 Å². The Hall–Kier alpha value is -2.10. The molecule has 0 atom stereocenters. The molecule has 0 aromatic heterocycles. The predicted molar refractivity (Wildman–Crippen MR) is 67.2 cm³/mol. The van der Waals surface area contributed by atoms with E-state index < -0.39 is 5.97 Å². The van der Waals surface area contributed by atoms with Crippen molar-refractivity contribution < 1.29 is 14.7 Å². The zero-order chi connectivity index (χ0) is 13.0. The molecule has 1 fully saturated rings. The van der Waals surface area contributed by atoms with Gasteiger partial charge in [0.25, 0.3) is 0 Å². The average Bonchev–Trinajstić information content (AvgIpc) is 2.32. The van der Waals surface area contributed by atoms with Gasteiger partial charge in [-0.2, -0.15) is 0 Å². The first-order chi connectivity index (χ1) is 8.65. The first kappa shape index (κ1) is 12.4. The van der Waals surface area contributed by atoms with Crippen molar-refractivity contribution in [2.75, 3.05) is 0 Å². The van der Waals surface area contributed by atoms with Crippen LogP contribution in [-0.2, 0) is 11.3 Å². The molecule has 1 aliphatic carbocycles. The Morgan fingerprint density at radius 1 is 1.22 bits per heavy atom. The standard InChI is InChI=1S/C14H15NO3/c16-13(8-10-2-1-3-10)15-9-11-4-6-12(7-5-11)14(17)18/h4-8H,1-3,9H2,(H,15,16)(H,17,18). The summed E-state index contributed by atoms with van der Waals surface area (Å²) in [5.74, 6) is -1.02. The summed E-state index contributed by atoms with van der Waals surface area (Å²) in [5, 5.41) is 11.5. The van der Waals surface area contributed by atoms with E-state index in [2.05, 4.69) is 5.32 Å².